The highest BCUT2D eigenvalue weighted by Crippen LogP contribution is 2.27. The lowest BCUT2D eigenvalue weighted by Crippen LogP contribution is -2.07. The van der Waals surface area contributed by atoms with Crippen molar-refractivity contribution in [1.82, 2.24) is 0 Å². The summed E-state index contributed by atoms with van der Waals surface area (Å²) in [5, 5.41) is 9.72. The summed E-state index contributed by atoms with van der Waals surface area (Å²) in [5.74, 6) is -0.651. The maximum absolute atomic E-state index is 11.7. The van der Waals surface area contributed by atoms with Gasteiger partial charge in [0, 0.05) is 6.42 Å². The third kappa shape index (κ3) is 2.61. The minimum Gasteiger partial charge on any atom is -0.511 e. The molecule has 1 N–H and O–H groups in total. The van der Waals surface area contributed by atoms with Crippen LogP contribution in [0.5, 0.6) is 0 Å². The van der Waals surface area contributed by atoms with Gasteiger partial charge in [-0.3, -0.25) is 9.79 Å². The van der Waals surface area contributed by atoms with Gasteiger partial charge < -0.3 is 9.84 Å². The molecular formula is C15H15NO4. The lowest BCUT2D eigenvalue weighted by atomic mass is 10.1. The third-order valence-electron chi connectivity index (χ3n) is 3.09. The Morgan fingerprint density at radius 3 is 2.60 bits per heavy atom. The molecule has 1 aliphatic carbocycles. The number of methoxy groups -OCH3 is 1. The summed E-state index contributed by atoms with van der Waals surface area (Å²) in [6, 6.07) is 6.74. The summed E-state index contributed by atoms with van der Waals surface area (Å²) < 4.78 is 4.70. The first kappa shape index (κ1) is 14.0. The number of para-hydroxylation sites is 1. The van der Waals surface area contributed by atoms with Crippen LogP contribution in [0.2, 0.25) is 0 Å². The summed E-state index contributed by atoms with van der Waals surface area (Å²) in [4.78, 5) is 27.6. The number of nitrogens with zero attached hydrogens (tertiary/aromatic N) is 1. The quantitative estimate of drug-likeness (QED) is 0.859. The molecule has 0 saturated heterocycles. The van der Waals surface area contributed by atoms with Gasteiger partial charge in [-0.25, -0.2) is 4.79 Å². The minimum atomic E-state index is -0.486. The molecule has 0 atom stereocenters. The van der Waals surface area contributed by atoms with Crippen molar-refractivity contribution in [3.63, 3.8) is 0 Å². The number of aliphatic hydroxyl groups excluding tert-OH is 1. The van der Waals surface area contributed by atoms with Crippen LogP contribution >= 0.6 is 0 Å². The van der Waals surface area contributed by atoms with E-state index in [1.54, 1.807) is 24.3 Å². The fourth-order valence-corrected chi connectivity index (χ4v) is 2.17. The average Bonchev–Trinajstić information content (AvgIpc) is 2.79. The first-order valence-electron chi connectivity index (χ1n) is 6.23. The van der Waals surface area contributed by atoms with E-state index in [0.717, 1.165) is 0 Å². The maximum atomic E-state index is 11.7. The van der Waals surface area contributed by atoms with E-state index in [-0.39, 0.29) is 17.1 Å². The number of aliphatic imine (C=N–C) groups is 1. The number of benzene rings is 1. The van der Waals surface area contributed by atoms with Gasteiger partial charge in [-0.05, 0) is 25.5 Å². The van der Waals surface area contributed by atoms with Gasteiger partial charge in [-0.15, -0.1) is 0 Å². The number of ketones is 1. The molecule has 1 aromatic carbocycles. The predicted octanol–water partition coefficient (Wildman–Crippen LogP) is 2.74. The molecule has 0 saturated carbocycles. The van der Waals surface area contributed by atoms with Gasteiger partial charge in [-0.2, -0.15) is 0 Å². The largest absolute Gasteiger partial charge is 0.511 e. The lowest BCUT2D eigenvalue weighted by molar-refractivity contribution is -0.113. The SMILES string of the molecule is COC(=O)c1ccccc1N=C1CCC(O)=C1C(C)=O. The van der Waals surface area contributed by atoms with Crippen molar-refractivity contribution in [3.8, 4) is 0 Å². The van der Waals surface area contributed by atoms with Crippen molar-refractivity contribution in [3.05, 3.63) is 41.2 Å². The Morgan fingerprint density at radius 1 is 1.25 bits per heavy atom. The topological polar surface area (TPSA) is 76.0 Å². The molecule has 0 unspecified atom stereocenters. The number of esters is 1. The van der Waals surface area contributed by atoms with Gasteiger partial charge in [0.1, 0.15) is 5.76 Å². The third-order valence-corrected chi connectivity index (χ3v) is 3.09. The molecule has 1 aromatic rings. The van der Waals surface area contributed by atoms with Crippen LogP contribution in [0, 0.1) is 0 Å². The highest BCUT2D eigenvalue weighted by atomic mass is 16.5. The van der Waals surface area contributed by atoms with Crippen molar-refractivity contribution in [2.24, 2.45) is 4.99 Å². The van der Waals surface area contributed by atoms with Crippen molar-refractivity contribution >= 4 is 23.2 Å². The summed E-state index contributed by atoms with van der Waals surface area (Å²) in [5.41, 5.74) is 1.52. The van der Waals surface area contributed by atoms with Crippen LogP contribution in [0.25, 0.3) is 0 Å². The van der Waals surface area contributed by atoms with Crippen molar-refractivity contribution in [1.29, 1.82) is 0 Å². The van der Waals surface area contributed by atoms with Crippen LogP contribution in [-0.2, 0) is 9.53 Å². The summed E-state index contributed by atoms with van der Waals surface area (Å²) in [6.07, 6.45) is 0.879. The van der Waals surface area contributed by atoms with E-state index in [2.05, 4.69) is 4.99 Å². The van der Waals surface area contributed by atoms with Gasteiger partial charge in [0.15, 0.2) is 5.78 Å². The van der Waals surface area contributed by atoms with E-state index in [1.165, 1.54) is 14.0 Å². The Labute approximate surface area is 116 Å². The standard InChI is InChI=1S/C15H15NO4/c1-9(17)14-12(7-8-13(14)18)16-11-6-4-3-5-10(11)15(19)20-2/h3-6,18H,7-8H2,1-2H3. The normalized spacial score (nSPS) is 16.6. The second-order valence-electron chi connectivity index (χ2n) is 4.45. The Hall–Kier alpha value is -2.43. The van der Waals surface area contributed by atoms with Crippen LogP contribution in [-0.4, -0.2) is 29.7 Å². The number of allylic oxidation sites excluding steroid dienone is 2. The summed E-state index contributed by atoms with van der Waals surface area (Å²) >= 11 is 0. The number of ether oxygens (including phenoxy) is 1. The fraction of sp³-hybridized carbons (Fsp3) is 0.267. The van der Waals surface area contributed by atoms with E-state index < -0.39 is 5.97 Å². The number of hydrogen-bond donors (Lipinski definition) is 1. The van der Waals surface area contributed by atoms with Crippen molar-refractivity contribution in [2.75, 3.05) is 7.11 Å². The second-order valence-corrected chi connectivity index (χ2v) is 4.45. The first-order chi connectivity index (χ1) is 9.54. The zero-order chi connectivity index (χ0) is 14.7. The first-order valence-corrected chi connectivity index (χ1v) is 6.23. The Kier molecular flexibility index (Phi) is 3.98. The molecule has 0 bridgehead atoms. The van der Waals surface area contributed by atoms with Crippen LogP contribution in [0.15, 0.2) is 40.6 Å². The Balaban J connectivity index is 2.47. The molecular weight excluding hydrogens is 258 g/mol. The number of hydrogen-bond acceptors (Lipinski definition) is 5. The molecule has 0 aliphatic heterocycles. The lowest BCUT2D eigenvalue weighted by Gasteiger charge is -2.05. The van der Waals surface area contributed by atoms with E-state index in [9.17, 15) is 14.7 Å². The summed E-state index contributed by atoms with van der Waals surface area (Å²) in [7, 11) is 1.30. The number of carbonyl (C=O) groups is 2. The average molecular weight is 273 g/mol. The smallest absolute Gasteiger partial charge is 0.340 e. The molecule has 0 heterocycles. The second kappa shape index (κ2) is 5.69. The molecule has 20 heavy (non-hydrogen) atoms. The number of rotatable bonds is 3. The molecule has 104 valence electrons. The van der Waals surface area contributed by atoms with Crippen LogP contribution in [0.3, 0.4) is 0 Å². The van der Waals surface area contributed by atoms with Gasteiger partial charge >= 0.3 is 5.97 Å². The van der Waals surface area contributed by atoms with E-state index in [4.69, 9.17) is 4.74 Å². The highest BCUT2D eigenvalue weighted by molar-refractivity contribution is 6.24. The zero-order valence-corrected chi connectivity index (χ0v) is 11.3. The van der Waals surface area contributed by atoms with E-state index in [1.807, 2.05) is 0 Å². The molecule has 5 nitrogen and oxygen atoms in total. The maximum Gasteiger partial charge on any atom is 0.340 e. The minimum absolute atomic E-state index is 0.0619. The molecule has 0 spiro atoms. The fourth-order valence-electron chi connectivity index (χ4n) is 2.17. The highest BCUT2D eigenvalue weighted by Gasteiger charge is 2.25. The van der Waals surface area contributed by atoms with Crippen molar-refractivity contribution in [2.45, 2.75) is 19.8 Å². The van der Waals surface area contributed by atoms with Gasteiger partial charge in [0.05, 0.1) is 29.6 Å². The van der Waals surface area contributed by atoms with E-state index >= 15 is 0 Å². The molecule has 2 rings (SSSR count). The van der Waals surface area contributed by atoms with E-state index in [0.29, 0.717) is 29.8 Å². The molecule has 0 fully saturated rings. The van der Waals surface area contributed by atoms with Crippen molar-refractivity contribution < 1.29 is 19.4 Å². The number of carbonyl (C=O) groups excluding carboxylic acids is 2. The molecule has 0 radical (unpaired) electrons. The molecule has 5 heteroatoms. The van der Waals surface area contributed by atoms with Gasteiger partial charge in [0.25, 0.3) is 0 Å². The molecule has 1 aliphatic rings. The zero-order valence-electron chi connectivity index (χ0n) is 11.3. The number of aliphatic hydroxyl groups is 1. The number of Topliss-reactive ketones (excluding diaryl/α,β-unsaturated/α-hetero) is 1. The Morgan fingerprint density at radius 2 is 1.95 bits per heavy atom. The van der Waals surface area contributed by atoms with Crippen LogP contribution in [0.1, 0.15) is 30.1 Å². The monoisotopic (exact) mass is 273 g/mol. The molecule has 0 amide bonds. The van der Waals surface area contributed by atoms with Gasteiger partial charge in [0.2, 0.25) is 0 Å². The van der Waals surface area contributed by atoms with Crippen LogP contribution < -0.4 is 0 Å². The molecule has 0 aromatic heterocycles. The summed E-state index contributed by atoms with van der Waals surface area (Å²) in [6.45, 7) is 1.39. The predicted molar refractivity (Wildman–Crippen MR) is 74.4 cm³/mol. The van der Waals surface area contributed by atoms with Gasteiger partial charge in [-0.1, -0.05) is 12.1 Å². The Bertz CT molecular complexity index is 629. The van der Waals surface area contributed by atoms with Crippen LogP contribution in [0.4, 0.5) is 5.69 Å².